The van der Waals surface area contributed by atoms with Crippen LogP contribution >= 0.6 is 0 Å². The van der Waals surface area contributed by atoms with Gasteiger partial charge in [0.15, 0.2) is 0 Å². The third-order valence-electron chi connectivity index (χ3n) is 8.22. The van der Waals surface area contributed by atoms with Gasteiger partial charge in [-0.1, -0.05) is 49.0 Å². The van der Waals surface area contributed by atoms with E-state index in [-0.39, 0.29) is 23.3 Å². The Hall–Kier alpha value is -2.53. The topological polar surface area (TPSA) is 104 Å². The molecule has 3 unspecified atom stereocenters. The van der Waals surface area contributed by atoms with Crippen molar-refractivity contribution in [3.05, 3.63) is 77.7 Å². The Bertz CT molecular complexity index is 1380. The zero-order valence-electron chi connectivity index (χ0n) is 21.4. The Morgan fingerprint density at radius 2 is 1.76 bits per heavy atom. The summed E-state index contributed by atoms with van der Waals surface area (Å²) in [7, 11) is -7.47. The number of nitrogens with zero attached hydrogens (tertiary/aromatic N) is 2. The van der Waals surface area contributed by atoms with Crippen LogP contribution in [-0.2, 0) is 31.3 Å². The predicted octanol–water partition coefficient (Wildman–Crippen LogP) is 3.24. The maximum Gasteiger partial charge on any atom is 0.243 e. The molecule has 0 radical (unpaired) electrons. The highest BCUT2D eigenvalue weighted by atomic mass is 32.2. The normalized spacial score (nSPS) is 24.5. The largest absolute Gasteiger partial charge is 0.339 e. The van der Waals surface area contributed by atoms with Crippen LogP contribution in [0.25, 0.3) is 0 Å². The summed E-state index contributed by atoms with van der Waals surface area (Å²) in [6, 6.07) is 16.4. The Morgan fingerprint density at radius 3 is 2.39 bits per heavy atom. The van der Waals surface area contributed by atoms with E-state index in [1.165, 1.54) is 10.7 Å². The molecule has 5 rings (SSSR count). The summed E-state index contributed by atoms with van der Waals surface area (Å²) < 4.78 is 54.3. The van der Waals surface area contributed by atoms with Gasteiger partial charge in [0.2, 0.25) is 26.0 Å². The number of fused-ring (bicyclic) bond motifs is 2. The number of sulfonamides is 2. The van der Waals surface area contributed by atoms with Crippen LogP contribution in [0.2, 0.25) is 0 Å². The Kier molecular flexibility index (Phi) is 7.77. The molecule has 3 fully saturated rings. The highest BCUT2D eigenvalue weighted by molar-refractivity contribution is 7.92. The number of amides is 1. The van der Waals surface area contributed by atoms with E-state index in [1.807, 2.05) is 35.2 Å². The van der Waals surface area contributed by atoms with Gasteiger partial charge in [-0.2, -0.15) is 4.31 Å². The van der Waals surface area contributed by atoms with Gasteiger partial charge in [0, 0.05) is 37.1 Å². The monoisotopic (exact) mass is 557 g/mol. The molecule has 1 saturated carbocycles. The molecule has 4 atom stereocenters. The number of carbonyl (C=O) groups is 1. The highest BCUT2D eigenvalue weighted by Crippen LogP contribution is 2.39. The van der Waals surface area contributed by atoms with E-state index in [9.17, 15) is 21.6 Å². The molecular formula is C28H35N3O5S2. The minimum absolute atomic E-state index is 0.00266. The molecule has 2 bridgehead atoms. The fraction of sp³-hybridized carbons (Fsp3) is 0.464. The van der Waals surface area contributed by atoms with E-state index in [2.05, 4.69) is 11.3 Å². The van der Waals surface area contributed by atoms with Crippen molar-refractivity contribution < 1.29 is 21.6 Å². The van der Waals surface area contributed by atoms with Crippen molar-refractivity contribution in [2.75, 3.05) is 19.6 Å². The Morgan fingerprint density at radius 1 is 1.03 bits per heavy atom. The molecule has 2 aromatic rings. The van der Waals surface area contributed by atoms with Crippen LogP contribution < -0.4 is 4.72 Å². The van der Waals surface area contributed by atoms with Crippen molar-refractivity contribution in [3.63, 3.8) is 0 Å². The molecule has 2 aliphatic heterocycles. The van der Waals surface area contributed by atoms with Crippen LogP contribution in [-0.4, -0.2) is 63.7 Å². The lowest BCUT2D eigenvalue weighted by atomic mass is 9.90. The minimum atomic E-state index is -3.83. The van der Waals surface area contributed by atoms with Crippen LogP contribution in [0.5, 0.6) is 0 Å². The summed E-state index contributed by atoms with van der Waals surface area (Å²) in [6.07, 6.45) is 5.12. The summed E-state index contributed by atoms with van der Waals surface area (Å²) in [5.41, 5.74) is 1.87. The molecule has 1 amide bonds. The molecule has 2 aromatic carbocycles. The van der Waals surface area contributed by atoms with Gasteiger partial charge in [-0.15, -0.1) is 0 Å². The quantitative estimate of drug-likeness (QED) is 0.483. The number of hydrogen-bond donors (Lipinski definition) is 1. The van der Waals surface area contributed by atoms with Gasteiger partial charge in [0.1, 0.15) is 0 Å². The van der Waals surface area contributed by atoms with Crippen molar-refractivity contribution in [3.8, 4) is 0 Å². The number of piperidine rings is 1. The van der Waals surface area contributed by atoms with Crippen LogP contribution in [0.15, 0.2) is 71.5 Å². The number of rotatable bonds is 10. The maximum atomic E-state index is 13.8. The maximum absolute atomic E-state index is 13.8. The molecule has 1 N–H and O–H groups in total. The molecular weight excluding hydrogens is 522 g/mol. The van der Waals surface area contributed by atoms with Crippen molar-refractivity contribution in [2.24, 2.45) is 5.92 Å². The Labute approximate surface area is 225 Å². The number of benzene rings is 2. The van der Waals surface area contributed by atoms with Crippen molar-refractivity contribution in [1.82, 2.24) is 13.9 Å². The first kappa shape index (κ1) is 27.1. The van der Waals surface area contributed by atoms with Crippen molar-refractivity contribution in [2.45, 2.75) is 61.4 Å². The summed E-state index contributed by atoms with van der Waals surface area (Å²) in [4.78, 5) is 16.0. The molecule has 3 aliphatic rings. The first-order valence-electron chi connectivity index (χ1n) is 13.3. The van der Waals surface area contributed by atoms with Gasteiger partial charge in [0.25, 0.3) is 0 Å². The van der Waals surface area contributed by atoms with Crippen LogP contribution in [0.4, 0.5) is 0 Å². The summed E-state index contributed by atoms with van der Waals surface area (Å²) >= 11 is 0. The molecule has 204 valence electrons. The lowest BCUT2D eigenvalue weighted by Crippen LogP contribution is -2.42. The third-order valence-corrected chi connectivity index (χ3v) is 11.2. The van der Waals surface area contributed by atoms with E-state index in [4.69, 9.17) is 0 Å². The number of likely N-dealkylation sites (tertiary alicyclic amines) is 1. The summed E-state index contributed by atoms with van der Waals surface area (Å²) in [6.45, 7) is 4.42. The van der Waals surface area contributed by atoms with Crippen LogP contribution in [0.1, 0.15) is 49.1 Å². The number of nitrogens with one attached hydrogen (secondary N) is 1. The second-order valence-electron chi connectivity index (χ2n) is 10.6. The SMILES string of the molecule is C=CS(=O)(=O)NC[C@H]1CCCN1S(=O)(=O)c1ccc(C(Cc2ccccc2)C(=O)N2CC3CCC2C3)cc1. The van der Waals surface area contributed by atoms with Crippen molar-refractivity contribution in [1.29, 1.82) is 0 Å². The van der Waals surface area contributed by atoms with Crippen LogP contribution in [0.3, 0.4) is 0 Å². The van der Waals surface area contributed by atoms with E-state index in [0.717, 1.165) is 35.9 Å². The summed E-state index contributed by atoms with van der Waals surface area (Å²) in [5, 5.41) is 0.819. The molecule has 2 saturated heterocycles. The number of carbonyl (C=O) groups excluding carboxylic acids is 1. The Balaban J connectivity index is 1.37. The first-order chi connectivity index (χ1) is 18.2. The minimum Gasteiger partial charge on any atom is -0.339 e. The van der Waals surface area contributed by atoms with E-state index in [1.54, 1.807) is 24.3 Å². The standard InChI is InChI=1S/C28H35N3O5S2/c1-2-37(33,34)29-19-25-9-6-16-31(25)38(35,36)26-14-11-23(12-15-26)27(18-21-7-4-3-5-8-21)28(32)30-20-22-10-13-24(30)17-22/h2-5,7-8,11-12,14-15,22,24-25,27,29H,1,6,9-10,13,16-20H2/t22?,24?,25-,27?/m1/s1. The first-order valence-corrected chi connectivity index (χ1v) is 16.2. The lowest BCUT2D eigenvalue weighted by Gasteiger charge is -2.31. The summed E-state index contributed by atoms with van der Waals surface area (Å²) in [5.74, 6) is 0.324. The molecule has 2 heterocycles. The second kappa shape index (κ2) is 10.9. The van der Waals surface area contributed by atoms with Gasteiger partial charge >= 0.3 is 0 Å². The van der Waals surface area contributed by atoms with E-state index < -0.39 is 26.1 Å². The molecule has 10 heteroatoms. The highest BCUT2D eigenvalue weighted by Gasteiger charge is 2.42. The molecule has 38 heavy (non-hydrogen) atoms. The second-order valence-corrected chi connectivity index (χ2v) is 14.2. The molecule has 1 aliphatic carbocycles. The van der Waals surface area contributed by atoms with Gasteiger partial charge in [0.05, 0.1) is 10.8 Å². The van der Waals surface area contributed by atoms with Gasteiger partial charge < -0.3 is 4.90 Å². The van der Waals surface area contributed by atoms with Gasteiger partial charge in [-0.05, 0) is 67.7 Å². The molecule has 0 aromatic heterocycles. The average molecular weight is 558 g/mol. The van der Waals surface area contributed by atoms with Gasteiger partial charge in [-0.3, -0.25) is 4.79 Å². The average Bonchev–Trinajstić information content (AvgIpc) is 3.69. The fourth-order valence-electron chi connectivity index (χ4n) is 6.20. The van der Waals surface area contributed by atoms with Gasteiger partial charge in [-0.25, -0.2) is 21.6 Å². The fourth-order valence-corrected chi connectivity index (χ4v) is 8.44. The zero-order valence-corrected chi connectivity index (χ0v) is 23.0. The smallest absolute Gasteiger partial charge is 0.243 e. The van der Waals surface area contributed by atoms with E-state index >= 15 is 0 Å². The zero-order chi connectivity index (χ0) is 26.9. The third kappa shape index (κ3) is 5.59. The van der Waals surface area contributed by atoms with Crippen LogP contribution in [0, 0.1) is 5.92 Å². The van der Waals surface area contributed by atoms with Crippen molar-refractivity contribution >= 4 is 26.0 Å². The van der Waals surface area contributed by atoms with E-state index in [0.29, 0.717) is 37.8 Å². The number of hydrogen-bond acceptors (Lipinski definition) is 5. The molecule has 0 spiro atoms. The molecule has 8 nitrogen and oxygen atoms in total. The lowest BCUT2D eigenvalue weighted by molar-refractivity contribution is -0.134. The predicted molar refractivity (Wildman–Crippen MR) is 146 cm³/mol.